The van der Waals surface area contributed by atoms with Crippen LogP contribution in [0.2, 0.25) is 0 Å². The Morgan fingerprint density at radius 3 is 1.30 bits per heavy atom. The number of ether oxygens (including phenoxy) is 1. The first kappa shape index (κ1) is 29.9. The number of hydrogen-bond acceptors (Lipinski definition) is 2. The number of carbonyl (C=O) groups is 1. The van der Waals surface area contributed by atoms with Crippen LogP contribution < -0.4 is 0 Å². The molecule has 0 aromatic carbocycles. The van der Waals surface area contributed by atoms with Gasteiger partial charge in [-0.25, -0.2) is 0 Å². The molecule has 0 fully saturated rings. The summed E-state index contributed by atoms with van der Waals surface area (Å²) >= 11 is 0. The van der Waals surface area contributed by atoms with E-state index in [9.17, 15) is 4.79 Å². The van der Waals surface area contributed by atoms with Crippen LogP contribution in [0, 0.1) is 0 Å². The van der Waals surface area contributed by atoms with Gasteiger partial charge >= 0.3 is 191 Å². The van der Waals surface area contributed by atoms with Crippen LogP contribution in [0.5, 0.6) is 0 Å². The number of esters is 1. The van der Waals surface area contributed by atoms with Gasteiger partial charge in [-0.3, -0.25) is 0 Å². The molecule has 3 heteroatoms. The number of hydrogen-bond donors (Lipinski definition) is 0. The summed E-state index contributed by atoms with van der Waals surface area (Å²) < 4.78 is 5.76. The molecule has 0 spiro atoms. The molecule has 0 aliphatic carbocycles. The second kappa shape index (κ2) is 22.1. The van der Waals surface area contributed by atoms with Crippen LogP contribution in [0.4, 0.5) is 0 Å². The van der Waals surface area contributed by atoms with Gasteiger partial charge in [-0.05, 0) is 0 Å². The Kier molecular flexibility index (Phi) is 22.0. The van der Waals surface area contributed by atoms with Crippen molar-refractivity contribution in [2.75, 3.05) is 31.3 Å². The summed E-state index contributed by atoms with van der Waals surface area (Å²) in [6.45, 7) is 9.76. The van der Waals surface area contributed by atoms with E-state index in [1.165, 1.54) is 121 Å². The minimum absolute atomic E-state index is 0.138. The quantitative estimate of drug-likeness (QED) is 0.0892. The van der Waals surface area contributed by atoms with E-state index in [1.807, 2.05) is 0 Å². The first-order valence-corrected chi connectivity index (χ1v) is 16.6. The van der Waals surface area contributed by atoms with Gasteiger partial charge in [0.1, 0.15) is 0 Å². The van der Waals surface area contributed by atoms with Gasteiger partial charge in [-0.1, -0.05) is 0 Å². The molecule has 0 saturated carbocycles. The molecule has 0 rings (SSSR count). The third-order valence-corrected chi connectivity index (χ3v) is 12.0. The predicted octanol–water partition coefficient (Wildman–Crippen LogP) is 8.99. The van der Waals surface area contributed by atoms with Crippen LogP contribution in [-0.4, -0.2) is 37.2 Å². The summed E-state index contributed by atoms with van der Waals surface area (Å²) in [5, 5.41) is 0. The molecule has 0 aromatic heterocycles. The average Bonchev–Trinajstić information content (AvgIpc) is 2.74. The van der Waals surface area contributed by atoms with Crippen LogP contribution in [0.25, 0.3) is 0 Å². The van der Waals surface area contributed by atoms with E-state index in [4.69, 9.17) is 4.74 Å². The fourth-order valence-corrected chi connectivity index (χ4v) is 9.66. The zero-order valence-electron chi connectivity index (χ0n) is 21.4. The summed E-state index contributed by atoms with van der Waals surface area (Å²) in [5.41, 5.74) is 0. The number of rotatable bonds is 23. The molecular formula is C27H57O2P. The Balaban J connectivity index is 4.79. The van der Waals surface area contributed by atoms with Gasteiger partial charge < -0.3 is 0 Å². The van der Waals surface area contributed by atoms with Crippen LogP contribution >= 0.6 is 7.26 Å². The number of unbranched alkanes of at least 4 members (excludes halogenated alkanes) is 13. The fourth-order valence-electron chi connectivity index (χ4n) is 4.67. The summed E-state index contributed by atoms with van der Waals surface area (Å²) in [6.07, 6.45) is 26.9. The molecule has 0 saturated heterocycles. The molecular weight excluding hydrogens is 387 g/mol. The van der Waals surface area contributed by atoms with Crippen LogP contribution in [0.15, 0.2) is 0 Å². The van der Waals surface area contributed by atoms with Gasteiger partial charge in [0.15, 0.2) is 0 Å². The van der Waals surface area contributed by atoms with Crippen molar-refractivity contribution < 1.29 is 9.53 Å². The molecule has 0 aliphatic heterocycles. The van der Waals surface area contributed by atoms with E-state index in [2.05, 4.69) is 27.7 Å². The molecule has 0 aliphatic rings. The Labute approximate surface area is 191 Å². The van der Waals surface area contributed by atoms with Gasteiger partial charge in [0.05, 0.1) is 0 Å². The van der Waals surface area contributed by atoms with Gasteiger partial charge in [-0.2, -0.15) is 0 Å². The predicted molar refractivity (Wildman–Crippen MR) is 140 cm³/mol. The average molecular weight is 445 g/mol. The van der Waals surface area contributed by atoms with Crippen molar-refractivity contribution in [2.45, 2.75) is 137 Å². The van der Waals surface area contributed by atoms with Gasteiger partial charge in [0.25, 0.3) is 0 Å². The van der Waals surface area contributed by atoms with Crippen LogP contribution in [0.1, 0.15) is 137 Å². The zero-order chi connectivity index (χ0) is 22.3. The van der Waals surface area contributed by atoms with Gasteiger partial charge in [-0.15, -0.1) is 0 Å². The Morgan fingerprint density at radius 1 is 0.533 bits per heavy atom. The maximum atomic E-state index is 12.8. The van der Waals surface area contributed by atoms with Crippen LogP contribution in [-0.2, 0) is 9.53 Å². The summed E-state index contributed by atoms with van der Waals surface area (Å²) in [7, 11) is -1.56. The fraction of sp³-hybridized carbons (Fsp3) is 0.963. The zero-order valence-corrected chi connectivity index (χ0v) is 22.4. The molecule has 0 amide bonds. The van der Waals surface area contributed by atoms with E-state index in [-0.39, 0.29) is 5.97 Å². The molecule has 0 bridgehead atoms. The van der Waals surface area contributed by atoms with Crippen molar-refractivity contribution in [3.05, 3.63) is 0 Å². The topological polar surface area (TPSA) is 26.3 Å². The normalized spacial score (nSPS) is 12.3. The number of carbonyl (C=O) groups excluding carboxylic acids is 1. The minimum atomic E-state index is -1.56. The summed E-state index contributed by atoms with van der Waals surface area (Å²) in [6, 6.07) is 0. The van der Waals surface area contributed by atoms with Crippen molar-refractivity contribution in [1.82, 2.24) is 0 Å². The molecule has 2 nitrogen and oxygen atoms in total. The monoisotopic (exact) mass is 444 g/mol. The molecule has 0 N–H and O–H groups in total. The Bertz CT molecular complexity index is 339. The first-order valence-electron chi connectivity index (χ1n) is 13.8. The summed E-state index contributed by atoms with van der Waals surface area (Å²) in [5.74, 6) is 0.138. The second-order valence-electron chi connectivity index (χ2n) is 9.74. The Hall–Kier alpha value is -0.100. The van der Waals surface area contributed by atoms with E-state index >= 15 is 0 Å². The van der Waals surface area contributed by atoms with Crippen molar-refractivity contribution in [3.63, 3.8) is 0 Å². The van der Waals surface area contributed by atoms with Crippen molar-refractivity contribution in [1.29, 1.82) is 0 Å². The first-order chi connectivity index (χ1) is 14.6. The van der Waals surface area contributed by atoms with E-state index in [0.29, 0.717) is 6.61 Å². The summed E-state index contributed by atoms with van der Waals surface area (Å²) in [4.78, 5) is 12.8. The molecule has 182 valence electrons. The van der Waals surface area contributed by atoms with Gasteiger partial charge in [0.2, 0.25) is 0 Å². The van der Waals surface area contributed by atoms with Crippen molar-refractivity contribution >= 4 is 13.2 Å². The Morgan fingerprint density at radius 2 is 0.900 bits per heavy atom. The third kappa shape index (κ3) is 17.6. The van der Waals surface area contributed by atoms with E-state index < -0.39 is 7.26 Å². The molecule has 0 atom stereocenters. The van der Waals surface area contributed by atoms with E-state index in [0.717, 1.165) is 12.6 Å². The molecule has 0 heterocycles. The standard InChI is InChI=1S/C27H57O2P/c1-5-9-13-17-18-22-29-27(28)26-30(23-19-14-10-6-2,24-20-15-11-7-3)25-21-16-12-8-4/h30H,5-26H2,1-4H3. The van der Waals surface area contributed by atoms with E-state index in [1.54, 1.807) is 0 Å². The SMILES string of the molecule is CCCCCCCOC(=O)C[PH](CCCCCC)(CCCCCC)CCCCCC. The second-order valence-corrected chi connectivity index (χ2v) is 14.6. The van der Waals surface area contributed by atoms with Gasteiger partial charge in [0, 0.05) is 0 Å². The third-order valence-electron chi connectivity index (χ3n) is 6.71. The van der Waals surface area contributed by atoms with Crippen LogP contribution in [0.3, 0.4) is 0 Å². The molecule has 0 radical (unpaired) electrons. The molecule has 30 heavy (non-hydrogen) atoms. The van der Waals surface area contributed by atoms with Crippen molar-refractivity contribution in [3.8, 4) is 0 Å². The van der Waals surface area contributed by atoms with Crippen molar-refractivity contribution in [2.24, 2.45) is 0 Å². The maximum absolute atomic E-state index is 12.8. The molecule has 0 aromatic rings. The molecule has 0 unspecified atom stereocenters.